The minimum absolute atomic E-state index is 0.0679. The highest BCUT2D eigenvalue weighted by Gasteiger charge is 2.18. The molecule has 0 saturated carbocycles. The van der Waals surface area contributed by atoms with Crippen LogP contribution in [0.3, 0.4) is 0 Å². The number of aromatic nitrogens is 1. The van der Waals surface area contributed by atoms with E-state index in [0.29, 0.717) is 24.4 Å². The quantitative estimate of drug-likeness (QED) is 0.123. The Morgan fingerprint density at radius 2 is 1.81 bits per heavy atom. The van der Waals surface area contributed by atoms with Crippen LogP contribution in [-0.4, -0.2) is 67.1 Å². The third-order valence-corrected chi connectivity index (χ3v) is 5.24. The van der Waals surface area contributed by atoms with Crippen LogP contribution in [0.2, 0.25) is 0 Å². The third kappa shape index (κ3) is 11.9. The Bertz CT molecular complexity index is 1310. The maximum absolute atomic E-state index is 12.3. The van der Waals surface area contributed by atoms with Gasteiger partial charge in [0.25, 0.3) is 5.88 Å². The second-order valence-electron chi connectivity index (χ2n) is 8.45. The van der Waals surface area contributed by atoms with Gasteiger partial charge in [-0.3, -0.25) is 9.59 Å². The molecule has 224 valence electrons. The summed E-state index contributed by atoms with van der Waals surface area (Å²) in [5, 5.41) is 14.2. The number of carbonyl (C=O) groups is 3. The van der Waals surface area contributed by atoms with E-state index < -0.39 is 6.61 Å². The summed E-state index contributed by atoms with van der Waals surface area (Å²) < 4.78 is 38.9. The Kier molecular flexibility index (Phi) is 13.7. The number of ether oxygens (including phenoxy) is 3. The number of halogens is 2. The number of hydrogen-bond acceptors (Lipinski definition) is 9. The molecule has 0 unspecified atom stereocenters. The lowest BCUT2D eigenvalue weighted by atomic mass is 10.2. The zero-order chi connectivity index (χ0) is 30.9. The van der Waals surface area contributed by atoms with Gasteiger partial charge in [0.05, 0.1) is 25.1 Å². The Balaban J connectivity index is 0.000000295. The van der Waals surface area contributed by atoms with Crippen LogP contribution in [0.4, 0.5) is 19.3 Å². The van der Waals surface area contributed by atoms with Crippen molar-refractivity contribution in [2.24, 2.45) is 10.9 Å². The van der Waals surface area contributed by atoms with Gasteiger partial charge in [-0.25, -0.2) is 14.8 Å². The van der Waals surface area contributed by atoms with E-state index in [4.69, 9.17) is 9.84 Å². The van der Waals surface area contributed by atoms with Gasteiger partial charge in [-0.05, 0) is 54.1 Å². The first-order chi connectivity index (χ1) is 20.1. The highest BCUT2D eigenvalue weighted by Crippen LogP contribution is 2.30. The van der Waals surface area contributed by atoms with Gasteiger partial charge in [-0.2, -0.15) is 8.78 Å². The molecule has 1 heterocycles. The zero-order valence-electron chi connectivity index (χ0n) is 23.1. The molecule has 3 aromatic rings. The van der Waals surface area contributed by atoms with E-state index in [9.17, 15) is 23.2 Å². The van der Waals surface area contributed by atoms with Gasteiger partial charge >= 0.3 is 18.6 Å². The number of carbonyl (C=O) groups excluding carboxylic acids is 3. The number of esters is 1. The van der Waals surface area contributed by atoms with E-state index >= 15 is 0 Å². The van der Waals surface area contributed by atoms with E-state index in [0.717, 1.165) is 5.56 Å². The summed E-state index contributed by atoms with van der Waals surface area (Å²) in [6, 6.07) is 15.5. The highest BCUT2D eigenvalue weighted by atomic mass is 19.3. The van der Waals surface area contributed by atoms with Crippen molar-refractivity contribution in [3.05, 3.63) is 72.4 Å². The van der Waals surface area contributed by atoms with Crippen molar-refractivity contribution in [2.45, 2.75) is 20.1 Å². The first-order valence-corrected chi connectivity index (χ1v) is 12.4. The summed E-state index contributed by atoms with van der Waals surface area (Å²) >= 11 is 0. The molecule has 2 aromatic carbocycles. The van der Waals surface area contributed by atoms with Crippen molar-refractivity contribution >= 4 is 30.4 Å². The SMILES string of the molecule is COC(=O)[C@@H](C)CN(C)C(=O)NCc1ccc(O)cc1.O=CNC=Nc1ccc(Oc2ncccc2OC(F)F)cc1. The van der Waals surface area contributed by atoms with Crippen molar-refractivity contribution in [3.8, 4) is 23.1 Å². The fraction of sp³-hybridized carbons (Fsp3) is 0.250. The number of alkyl halides is 2. The van der Waals surface area contributed by atoms with Crippen LogP contribution < -0.4 is 20.1 Å². The lowest BCUT2D eigenvalue weighted by Crippen LogP contribution is -2.40. The molecule has 3 amide bonds. The van der Waals surface area contributed by atoms with Crippen molar-refractivity contribution in [2.75, 3.05) is 20.7 Å². The van der Waals surface area contributed by atoms with Crippen molar-refractivity contribution in [1.29, 1.82) is 0 Å². The molecule has 0 aliphatic heterocycles. The summed E-state index contributed by atoms with van der Waals surface area (Å²) in [6.45, 7) is -0.617. The topological polar surface area (TPSA) is 152 Å². The van der Waals surface area contributed by atoms with E-state index in [1.54, 1.807) is 62.5 Å². The lowest BCUT2D eigenvalue weighted by Gasteiger charge is -2.20. The number of urea groups is 1. The van der Waals surface area contributed by atoms with Crippen LogP contribution in [0.5, 0.6) is 23.1 Å². The van der Waals surface area contributed by atoms with Crippen molar-refractivity contribution in [1.82, 2.24) is 20.5 Å². The molecule has 1 atom stereocenters. The Morgan fingerprint density at radius 3 is 2.43 bits per heavy atom. The first-order valence-electron chi connectivity index (χ1n) is 12.4. The van der Waals surface area contributed by atoms with Gasteiger partial charge in [0.15, 0.2) is 5.75 Å². The number of nitrogens with zero attached hydrogens (tertiary/aromatic N) is 3. The molecule has 12 nitrogen and oxygen atoms in total. The molecule has 0 bridgehead atoms. The molecule has 0 aliphatic carbocycles. The van der Waals surface area contributed by atoms with Gasteiger partial charge in [0.2, 0.25) is 6.41 Å². The minimum atomic E-state index is -2.96. The monoisotopic (exact) mass is 587 g/mol. The van der Waals surface area contributed by atoms with Crippen LogP contribution in [0.25, 0.3) is 0 Å². The lowest BCUT2D eigenvalue weighted by molar-refractivity contribution is -0.145. The van der Waals surface area contributed by atoms with Crippen LogP contribution >= 0.6 is 0 Å². The second kappa shape index (κ2) is 17.4. The molecule has 3 rings (SSSR count). The van der Waals surface area contributed by atoms with Gasteiger partial charge < -0.3 is 34.9 Å². The number of rotatable bonds is 12. The Hall–Kier alpha value is -5.27. The number of aliphatic imine (C=N–C) groups is 1. The number of aromatic hydroxyl groups is 1. The molecule has 0 radical (unpaired) electrons. The second-order valence-corrected chi connectivity index (χ2v) is 8.45. The zero-order valence-corrected chi connectivity index (χ0v) is 23.1. The number of nitrogens with one attached hydrogen (secondary N) is 2. The number of hydrogen-bond donors (Lipinski definition) is 3. The summed E-state index contributed by atoms with van der Waals surface area (Å²) in [5.41, 5.74) is 1.46. The van der Waals surface area contributed by atoms with Crippen molar-refractivity contribution < 1.29 is 42.5 Å². The normalized spacial score (nSPS) is 11.1. The predicted molar refractivity (Wildman–Crippen MR) is 149 cm³/mol. The molecule has 0 fully saturated rings. The fourth-order valence-corrected chi connectivity index (χ4v) is 3.19. The maximum Gasteiger partial charge on any atom is 0.387 e. The number of methoxy groups -OCH3 is 1. The van der Waals surface area contributed by atoms with Gasteiger partial charge in [-0.15, -0.1) is 0 Å². The largest absolute Gasteiger partial charge is 0.508 e. The van der Waals surface area contributed by atoms with Gasteiger partial charge in [-0.1, -0.05) is 19.1 Å². The Labute approximate surface area is 240 Å². The number of phenolic OH excluding ortho intramolecular Hbond substituents is 1. The van der Waals surface area contributed by atoms with E-state index in [1.807, 2.05) is 0 Å². The summed E-state index contributed by atoms with van der Waals surface area (Å²) in [5.74, 6) is -0.381. The average Bonchev–Trinajstić information content (AvgIpc) is 2.98. The van der Waals surface area contributed by atoms with Crippen LogP contribution in [0.1, 0.15) is 12.5 Å². The number of benzene rings is 2. The summed E-state index contributed by atoms with van der Waals surface area (Å²) in [7, 11) is 2.94. The molecular weight excluding hydrogens is 556 g/mol. The molecule has 42 heavy (non-hydrogen) atoms. The predicted octanol–water partition coefficient (Wildman–Crippen LogP) is 4.22. The van der Waals surface area contributed by atoms with E-state index in [1.165, 1.54) is 36.7 Å². The average molecular weight is 588 g/mol. The minimum Gasteiger partial charge on any atom is -0.508 e. The molecule has 0 spiro atoms. The summed E-state index contributed by atoms with van der Waals surface area (Å²) in [4.78, 5) is 42.4. The van der Waals surface area contributed by atoms with Gasteiger partial charge in [0.1, 0.15) is 11.5 Å². The molecule has 1 aromatic heterocycles. The van der Waals surface area contributed by atoms with E-state index in [2.05, 4.69) is 30.1 Å². The molecule has 14 heteroatoms. The van der Waals surface area contributed by atoms with Gasteiger partial charge in [0, 0.05) is 26.3 Å². The molecule has 3 N–H and O–H groups in total. The summed E-state index contributed by atoms with van der Waals surface area (Å²) in [6.07, 6.45) is 3.13. The fourth-order valence-electron chi connectivity index (χ4n) is 3.19. The van der Waals surface area contributed by atoms with Crippen molar-refractivity contribution in [3.63, 3.8) is 0 Å². The smallest absolute Gasteiger partial charge is 0.387 e. The molecule has 0 aliphatic rings. The maximum atomic E-state index is 12.3. The van der Waals surface area contributed by atoms with E-state index in [-0.39, 0.29) is 41.8 Å². The van der Waals surface area contributed by atoms with Crippen LogP contribution in [0.15, 0.2) is 71.9 Å². The number of phenols is 1. The Morgan fingerprint density at radius 1 is 1.12 bits per heavy atom. The number of amides is 3. The molecular formula is C28H31F2N5O7. The number of pyridine rings is 1. The van der Waals surface area contributed by atoms with Crippen LogP contribution in [-0.2, 0) is 20.9 Å². The third-order valence-electron chi connectivity index (χ3n) is 5.24. The first kappa shape index (κ1) is 32.9. The van der Waals surface area contributed by atoms with Crippen LogP contribution in [0, 0.1) is 5.92 Å². The highest BCUT2D eigenvalue weighted by molar-refractivity contribution is 5.76. The standard InChI is InChI=1S/C14H11F2N3O3.C14H20N2O4/c15-14(16)22-12-2-1-7-18-13(12)21-11-5-3-10(4-6-11)19-8-17-9-20;1-10(13(18)20-3)9-16(2)14(19)15-8-11-4-6-12(17)7-5-11/h1-9,14H,(H,17,19,20);4-7,10,17H,8-9H2,1-3H3,(H,15,19)/t;10-/m.0/s1. The molecule has 0 saturated heterocycles.